The monoisotopic (exact) mass is 430 g/mol. The maximum Gasteiger partial charge on any atom is 0.209 e. The molecule has 8 heteroatoms. The second-order valence-corrected chi connectivity index (χ2v) is 10.0. The molecule has 0 aromatic heterocycles. The quantitative estimate of drug-likeness (QED) is 0.695. The maximum absolute atomic E-state index is 11.6. The highest BCUT2D eigenvalue weighted by molar-refractivity contribution is 7.88. The number of sulfonamides is 1. The molecule has 158 valence electrons. The Hall–Kier alpha value is -0.860. The number of benzene rings is 1. The van der Waals surface area contributed by atoms with Gasteiger partial charge in [0.1, 0.15) is 5.75 Å². The van der Waals surface area contributed by atoms with Gasteiger partial charge in [-0.1, -0.05) is 17.7 Å². The Labute approximate surface area is 173 Å². The molecule has 1 aromatic carbocycles. The third kappa shape index (κ3) is 5.83. The smallest absolute Gasteiger partial charge is 0.209 e. The van der Waals surface area contributed by atoms with Gasteiger partial charge >= 0.3 is 0 Å². The summed E-state index contributed by atoms with van der Waals surface area (Å²) in [5, 5.41) is 4.17. The van der Waals surface area contributed by atoms with Crippen molar-refractivity contribution < 1.29 is 17.9 Å². The van der Waals surface area contributed by atoms with Gasteiger partial charge < -0.3 is 14.8 Å². The Morgan fingerprint density at radius 2 is 1.96 bits per heavy atom. The largest absolute Gasteiger partial charge is 0.496 e. The van der Waals surface area contributed by atoms with Gasteiger partial charge in [0.2, 0.25) is 10.0 Å². The van der Waals surface area contributed by atoms with Crippen LogP contribution in [0.25, 0.3) is 0 Å². The molecule has 6 nitrogen and oxygen atoms in total. The lowest BCUT2D eigenvalue weighted by Crippen LogP contribution is -2.55. The summed E-state index contributed by atoms with van der Waals surface area (Å²) in [4.78, 5) is 0. The molecule has 2 fully saturated rings. The van der Waals surface area contributed by atoms with Gasteiger partial charge in [-0.05, 0) is 63.1 Å². The topological polar surface area (TPSA) is 76.7 Å². The summed E-state index contributed by atoms with van der Waals surface area (Å²) < 4.78 is 37.6. The van der Waals surface area contributed by atoms with Crippen molar-refractivity contribution in [2.45, 2.75) is 62.6 Å². The third-order valence-corrected chi connectivity index (χ3v) is 6.84. The van der Waals surface area contributed by atoms with Crippen molar-refractivity contribution in [3.63, 3.8) is 0 Å². The molecule has 1 aliphatic carbocycles. The Morgan fingerprint density at radius 1 is 1.21 bits per heavy atom. The van der Waals surface area contributed by atoms with E-state index >= 15 is 0 Å². The van der Waals surface area contributed by atoms with Crippen molar-refractivity contribution in [2.75, 3.05) is 26.5 Å². The van der Waals surface area contributed by atoms with Crippen molar-refractivity contribution in [1.29, 1.82) is 0 Å². The average molecular weight is 431 g/mol. The van der Waals surface area contributed by atoms with Crippen molar-refractivity contribution in [2.24, 2.45) is 0 Å². The predicted molar refractivity (Wildman–Crippen MR) is 112 cm³/mol. The number of rotatable bonds is 7. The van der Waals surface area contributed by atoms with Gasteiger partial charge in [0.05, 0.1) is 26.1 Å². The summed E-state index contributed by atoms with van der Waals surface area (Å²) in [5.74, 6) is 1.24. The molecule has 3 rings (SSSR count). The van der Waals surface area contributed by atoms with E-state index in [1.165, 1.54) is 6.26 Å². The summed E-state index contributed by atoms with van der Waals surface area (Å²) in [6.45, 7) is 1.42. The minimum Gasteiger partial charge on any atom is -0.496 e. The summed E-state index contributed by atoms with van der Waals surface area (Å²) in [6, 6.07) is 5.72. The van der Waals surface area contributed by atoms with Gasteiger partial charge in [0.25, 0.3) is 0 Å². The Balaban J connectivity index is 1.52. The minimum atomic E-state index is -3.22. The van der Waals surface area contributed by atoms with Gasteiger partial charge in [0, 0.05) is 22.7 Å². The molecule has 1 saturated heterocycles. The zero-order valence-corrected chi connectivity index (χ0v) is 18.2. The van der Waals surface area contributed by atoms with Crippen LogP contribution in [-0.2, 0) is 14.8 Å². The van der Waals surface area contributed by atoms with Gasteiger partial charge in [-0.3, -0.25) is 0 Å². The molecular weight excluding hydrogens is 400 g/mol. The van der Waals surface area contributed by atoms with E-state index in [-0.39, 0.29) is 18.2 Å². The molecular formula is C20H31ClN2O4S. The van der Waals surface area contributed by atoms with E-state index < -0.39 is 10.0 Å². The first-order chi connectivity index (χ1) is 13.4. The van der Waals surface area contributed by atoms with Crippen LogP contribution in [0.2, 0.25) is 5.02 Å². The fraction of sp³-hybridized carbons (Fsp3) is 0.700. The fourth-order valence-electron chi connectivity index (χ4n) is 4.39. The van der Waals surface area contributed by atoms with E-state index in [0.29, 0.717) is 12.5 Å². The Kier molecular flexibility index (Phi) is 7.61. The van der Waals surface area contributed by atoms with Crippen LogP contribution in [0.1, 0.15) is 50.0 Å². The first-order valence-electron chi connectivity index (χ1n) is 10.0. The number of hydrogen-bond acceptors (Lipinski definition) is 5. The van der Waals surface area contributed by atoms with E-state index in [9.17, 15) is 8.42 Å². The number of halogens is 1. The SMILES string of the molecule is COc1cccc(Cl)c1[C@H]1CC[C@@H](OC[C@@H]2NCCC[C@@H]2NS(C)(=O)=O)CC1. The number of methoxy groups -OCH3 is 1. The molecule has 2 aliphatic rings. The molecule has 2 N–H and O–H groups in total. The molecule has 0 spiro atoms. The third-order valence-electron chi connectivity index (χ3n) is 5.78. The molecule has 1 aromatic rings. The summed E-state index contributed by atoms with van der Waals surface area (Å²) in [5.41, 5.74) is 1.11. The van der Waals surface area contributed by atoms with Gasteiger partial charge in [-0.15, -0.1) is 0 Å². The second kappa shape index (κ2) is 9.76. The first kappa shape index (κ1) is 21.8. The van der Waals surface area contributed by atoms with Crippen LogP contribution in [-0.4, -0.2) is 53.1 Å². The number of hydrogen-bond donors (Lipinski definition) is 2. The van der Waals surface area contributed by atoms with Crippen LogP contribution in [0, 0.1) is 0 Å². The van der Waals surface area contributed by atoms with Crippen molar-refractivity contribution in [3.8, 4) is 5.75 Å². The van der Waals surface area contributed by atoms with Crippen molar-refractivity contribution in [1.82, 2.24) is 10.0 Å². The molecule has 0 radical (unpaired) electrons. The van der Waals surface area contributed by atoms with Gasteiger partial charge in [-0.25, -0.2) is 13.1 Å². The summed E-state index contributed by atoms with van der Waals surface area (Å²) >= 11 is 6.43. The van der Waals surface area contributed by atoms with E-state index in [4.69, 9.17) is 21.1 Å². The lowest BCUT2D eigenvalue weighted by molar-refractivity contribution is 0.00513. The molecule has 0 amide bonds. The highest BCUT2D eigenvalue weighted by atomic mass is 35.5. The van der Waals surface area contributed by atoms with Crippen LogP contribution in [0.5, 0.6) is 5.75 Å². The van der Waals surface area contributed by atoms with E-state index in [1.807, 2.05) is 18.2 Å². The lowest BCUT2D eigenvalue weighted by Gasteiger charge is -2.35. The molecule has 1 aliphatic heterocycles. The van der Waals surface area contributed by atoms with Crippen LogP contribution >= 0.6 is 11.6 Å². The van der Waals surface area contributed by atoms with Gasteiger partial charge in [0.15, 0.2) is 0 Å². The normalized spacial score (nSPS) is 28.8. The van der Waals surface area contributed by atoms with Gasteiger partial charge in [-0.2, -0.15) is 0 Å². The van der Waals surface area contributed by atoms with Crippen LogP contribution in [0.3, 0.4) is 0 Å². The summed E-state index contributed by atoms with van der Waals surface area (Å²) in [7, 11) is -1.54. The fourth-order valence-corrected chi connectivity index (χ4v) is 5.55. The van der Waals surface area contributed by atoms with Crippen molar-refractivity contribution in [3.05, 3.63) is 28.8 Å². The minimum absolute atomic E-state index is 0.0184. The number of nitrogens with one attached hydrogen (secondary N) is 2. The predicted octanol–water partition coefficient (Wildman–Crippen LogP) is 3.06. The average Bonchev–Trinajstić information content (AvgIpc) is 2.66. The molecule has 2 atom stereocenters. The number of piperidine rings is 1. The Bertz CT molecular complexity index is 751. The molecule has 1 heterocycles. The second-order valence-electron chi connectivity index (χ2n) is 7.86. The Morgan fingerprint density at radius 3 is 2.64 bits per heavy atom. The van der Waals surface area contributed by atoms with E-state index in [1.54, 1.807) is 7.11 Å². The lowest BCUT2D eigenvalue weighted by atomic mass is 9.82. The van der Waals surface area contributed by atoms with E-state index in [0.717, 1.165) is 61.4 Å². The number of ether oxygens (including phenoxy) is 2. The van der Waals surface area contributed by atoms with Crippen LogP contribution < -0.4 is 14.8 Å². The highest BCUT2D eigenvalue weighted by Gasteiger charge is 2.30. The van der Waals surface area contributed by atoms with E-state index in [2.05, 4.69) is 10.0 Å². The maximum atomic E-state index is 11.6. The zero-order valence-electron chi connectivity index (χ0n) is 16.6. The molecule has 1 saturated carbocycles. The van der Waals surface area contributed by atoms with Crippen LogP contribution in [0.15, 0.2) is 18.2 Å². The molecule has 0 bridgehead atoms. The van der Waals surface area contributed by atoms with Crippen molar-refractivity contribution >= 4 is 21.6 Å². The zero-order chi connectivity index (χ0) is 20.1. The molecule has 0 unspecified atom stereocenters. The molecule has 28 heavy (non-hydrogen) atoms. The first-order valence-corrected chi connectivity index (χ1v) is 12.3. The van der Waals surface area contributed by atoms with Crippen LogP contribution in [0.4, 0.5) is 0 Å². The summed E-state index contributed by atoms with van der Waals surface area (Å²) in [6.07, 6.45) is 7.17. The standard InChI is InChI=1S/C20H31ClN2O4S/c1-26-19-7-3-5-16(21)20(19)14-8-10-15(11-9-14)27-13-18-17(6-4-12-22-18)23-28(2,24)25/h3,5,7,14-15,17-18,22-23H,4,6,8-13H2,1-2H3/t14-,15+,17-,18-/m0/s1. The highest BCUT2D eigenvalue weighted by Crippen LogP contribution is 2.41.